The monoisotopic (exact) mass is 431 g/mol. The minimum atomic E-state index is -0.388. The highest BCUT2D eigenvalue weighted by Crippen LogP contribution is 2.41. The molecule has 5 heteroatoms. The maximum Gasteiger partial charge on any atom is 0.494 e. The summed E-state index contributed by atoms with van der Waals surface area (Å²) < 4.78 is 12.3. The molecule has 0 saturated carbocycles. The summed E-state index contributed by atoms with van der Waals surface area (Å²) in [5.74, 6) is 0.420. The van der Waals surface area contributed by atoms with Crippen LogP contribution in [-0.4, -0.2) is 41.1 Å². The third kappa shape index (κ3) is 3.96. The van der Waals surface area contributed by atoms with Gasteiger partial charge in [0.25, 0.3) is 0 Å². The van der Waals surface area contributed by atoms with Gasteiger partial charge in [0, 0.05) is 30.1 Å². The van der Waals surface area contributed by atoms with E-state index in [1.807, 2.05) is 24.3 Å². The minimum absolute atomic E-state index is 0.127. The smallest absolute Gasteiger partial charge is 0.399 e. The molecule has 2 aromatic rings. The van der Waals surface area contributed by atoms with Crippen LogP contribution in [0.25, 0.3) is 0 Å². The van der Waals surface area contributed by atoms with Crippen molar-refractivity contribution in [1.29, 1.82) is 0 Å². The molecule has 0 aliphatic carbocycles. The Balaban J connectivity index is 1.24. The van der Waals surface area contributed by atoms with E-state index in [1.54, 1.807) is 0 Å². The van der Waals surface area contributed by atoms with Crippen LogP contribution in [0.15, 0.2) is 54.6 Å². The number of rotatable bonds is 5. The molecule has 0 spiro atoms. The molecule has 5 rings (SSSR count). The molecule has 3 aliphatic heterocycles. The second kappa shape index (κ2) is 8.12. The molecular weight excluding hydrogens is 397 g/mol. The van der Waals surface area contributed by atoms with E-state index in [0.29, 0.717) is 17.9 Å². The van der Waals surface area contributed by atoms with Crippen molar-refractivity contribution in [3.05, 3.63) is 65.7 Å². The zero-order valence-electron chi connectivity index (χ0n) is 19.7. The molecule has 0 N–H and O–H groups in total. The fraction of sp³-hybridized carbons (Fsp3) is 0.519. The number of fused-ring (bicyclic) bond motifs is 2. The maximum atomic E-state index is 13.3. The summed E-state index contributed by atoms with van der Waals surface area (Å²) in [4.78, 5) is 16.0. The molecule has 168 valence electrons. The quantitative estimate of drug-likeness (QED) is 0.512. The highest BCUT2D eigenvalue weighted by atomic mass is 16.7. The zero-order valence-corrected chi connectivity index (χ0v) is 19.7. The minimum Gasteiger partial charge on any atom is -0.399 e. The van der Waals surface area contributed by atoms with Crippen LogP contribution in [-0.2, 0) is 15.9 Å². The average molecular weight is 431 g/mol. The Morgan fingerprint density at radius 2 is 1.47 bits per heavy atom. The predicted octanol–water partition coefficient (Wildman–Crippen LogP) is 4.61. The summed E-state index contributed by atoms with van der Waals surface area (Å²) in [5.41, 5.74) is 2.43. The Morgan fingerprint density at radius 1 is 0.906 bits per heavy atom. The first-order valence-electron chi connectivity index (χ1n) is 12.0. The Hall–Kier alpha value is -1.95. The van der Waals surface area contributed by atoms with Gasteiger partial charge in [-0.1, -0.05) is 54.6 Å². The lowest BCUT2D eigenvalue weighted by molar-refractivity contribution is 0.00578. The molecule has 2 aromatic carbocycles. The number of carbonyl (C=O) groups excluding carboxylic acids is 1. The molecule has 3 heterocycles. The summed E-state index contributed by atoms with van der Waals surface area (Å²) in [6, 6.07) is 19.7. The Morgan fingerprint density at radius 3 is 2.03 bits per heavy atom. The molecule has 3 saturated heterocycles. The van der Waals surface area contributed by atoms with Gasteiger partial charge in [-0.2, -0.15) is 0 Å². The molecule has 0 radical (unpaired) electrons. The van der Waals surface area contributed by atoms with Crippen molar-refractivity contribution in [2.45, 2.75) is 83.2 Å². The van der Waals surface area contributed by atoms with Crippen LogP contribution in [0.5, 0.6) is 0 Å². The van der Waals surface area contributed by atoms with Gasteiger partial charge in [0.1, 0.15) is 0 Å². The van der Waals surface area contributed by atoms with E-state index >= 15 is 0 Å². The molecular formula is C27H34BNO3. The molecule has 3 aliphatic rings. The molecule has 2 atom stereocenters. The lowest BCUT2D eigenvalue weighted by Crippen LogP contribution is -2.44. The number of piperidine rings is 1. The van der Waals surface area contributed by atoms with Crippen LogP contribution in [0.1, 0.15) is 69.3 Å². The second-order valence-electron chi connectivity index (χ2n) is 10.8. The number of carbonyl (C=O) groups is 1. The first kappa shape index (κ1) is 21.9. The fourth-order valence-electron chi connectivity index (χ4n) is 5.56. The Kier molecular flexibility index (Phi) is 5.55. The Labute approximate surface area is 192 Å². The van der Waals surface area contributed by atoms with E-state index in [2.05, 4.69) is 62.9 Å². The van der Waals surface area contributed by atoms with Crippen LogP contribution in [0.4, 0.5) is 0 Å². The van der Waals surface area contributed by atoms with E-state index in [-0.39, 0.29) is 24.2 Å². The van der Waals surface area contributed by atoms with Gasteiger partial charge in [0.2, 0.25) is 0 Å². The van der Waals surface area contributed by atoms with Crippen molar-refractivity contribution < 1.29 is 14.1 Å². The number of benzene rings is 2. The van der Waals surface area contributed by atoms with Crippen LogP contribution in [0.3, 0.4) is 0 Å². The molecule has 3 fully saturated rings. The van der Waals surface area contributed by atoms with Crippen molar-refractivity contribution in [2.75, 3.05) is 0 Å². The highest BCUT2D eigenvalue weighted by Gasteiger charge is 2.51. The Bertz CT molecular complexity index is 942. The van der Waals surface area contributed by atoms with Crippen LogP contribution >= 0.6 is 0 Å². The largest absolute Gasteiger partial charge is 0.494 e. The van der Waals surface area contributed by atoms with Gasteiger partial charge in [-0.3, -0.25) is 9.69 Å². The van der Waals surface area contributed by atoms with Crippen molar-refractivity contribution >= 4 is 18.4 Å². The number of Topliss-reactive ketones (excluding diaryl/α,β-unsaturated/α-hetero) is 1. The molecule has 32 heavy (non-hydrogen) atoms. The molecule has 2 unspecified atom stereocenters. The van der Waals surface area contributed by atoms with Gasteiger partial charge >= 0.3 is 7.12 Å². The van der Waals surface area contributed by atoms with Crippen molar-refractivity contribution in [3.8, 4) is 0 Å². The molecule has 2 bridgehead atoms. The second-order valence-corrected chi connectivity index (χ2v) is 10.8. The van der Waals surface area contributed by atoms with Gasteiger partial charge in [-0.05, 0) is 64.4 Å². The van der Waals surface area contributed by atoms with Crippen LogP contribution < -0.4 is 5.46 Å². The third-order valence-corrected chi connectivity index (χ3v) is 8.18. The maximum absolute atomic E-state index is 13.3. The van der Waals surface area contributed by atoms with Gasteiger partial charge < -0.3 is 9.31 Å². The van der Waals surface area contributed by atoms with E-state index in [9.17, 15) is 4.79 Å². The van der Waals surface area contributed by atoms with Crippen LogP contribution in [0.2, 0.25) is 0 Å². The molecule has 4 nitrogen and oxygen atoms in total. The first-order valence-corrected chi connectivity index (χ1v) is 12.0. The van der Waals surface area contributed by atoms with E-state index in [0.717, 1.165) is 30.4 Å². The first-order chi connectivity index (χ1) is 15.2. The summed E-state index contributed by atoms with van der Waals surface area (Å²) in [5, 5.41) is 0. The lowest BCUT2D eigenvalue weighted by Gasteiger charge is -2.38. The summed E-state index contributed by atoms with van der Waals surface area (Å²) in [7, 11) is -0.388. The van der Waals surface area contributed by atoms with Crippen molar-refractivity contribution in [3.63, 3.8) is 0 Å². The highest BCUT2D eigenvalue weighted by molar-refractivity contribution is 6.62. The summed E-state index contributed by atoms with van der Waals surface area (Å²) in [6.07, 6.45) is 4.37. The zero-order chi connectivity index (χ0) is 22.5. The average Bonchev–Trinajstić information content (AvgIpc) is 3.12. The van der Waals surface area contributed by atoms with Gasteiger partial charge in [-0.25, -0.2) is 0 Å². The summed E-state index contributed by atoms with van der Waals surface area (Å²) >= 11 is 0. The molecule has 0 aromatic heterocycles. The third-order valence-electron chi connectivity index (χ3n) is 8.18. The van der Waals surface area contributed by atoms with Gasteiger partial charge in [0.15, 0.2) is 5.78 Å². The van der Waals surface area contributed by atoms with Gasteiger partial charge in [0.05, 0.1) is 11.2 Å². The standard InChI is InChI=1S/C27H34BNO3/c1-26(2)27(3,4)32-28(31-26)22-12-10-20(11-13-22)25(30)21-16-23-14-15-24(17-21)29(23)18-19-8-6-5-7-9-19/h5-13,21,23-24H,14-18H2,1-4H3. The topological polar surface area (TPSA) is 38.8 Å². The normalized spacial score (nSPS) is 28.8. The van der Waals surface area contributed by atoms with E-state index in [1.165, 1.54) is 18.4 Å². The molecule has 0 amide bonds. The van der Waals surface area contributed by atoms with Crippen molar-refractivity contribution in [1.82, 2.24) is 4.90 Å². The fourth-order valence-corrected chi connectivity index (χ4v) is 5.56. The van der Waals surface area contributed by atoms with Gasteiger partial charge in [-0.15, -0.1) is 0 Å². The predicted molar refractivity (Wildman–Crippen MR) is 128 cm³/mol. The van der Waals surface area contributed by atoms with E-state index < -0.39 is 0 Å². The van der Waals surface area contributed by atoms with E-state index in [4.69, 9.17) is 9.31 Å². The summed E-state index contributed by atoms with van der Waals surface area (Å²) in [6.45, 7) is 9.24. The number of hydrogen-bond donors (Lipinski definition) is 0. The SMILES string of the molecule is CC1(C)OB(c2ccc(C(=O)C3CC4CCC(C3)N4Cc3ccccc3)cc2)OC1(C)C. The van der Waals surface area contributed by atoms with Crippen LogP contribution in [0, 0.1) is 5.92 Å². The number of nitrogens with zero attached hydrogens (tertiary/aromatic N) is 1. The number of hydrogen-bond acceptors (Lipinski definition) is 4. The lowest BCUT2D eigenvalue weighted by atomic mass is 9.78. The number of ketones is 1. The van der Waals surface area contributed by atoms with Crippen molar-refractivity contribution in [2.24, 2.45) is 5.92 Å².